The topological polar surface area (TPSA) is 94.4 Å². The first-order valence-corrected chi connectivity index (χ1v) is 12.3. The number of carbonyl (C=O) groups excluding carboxylic acids is 2. The number of fused-ring (bicyclic) bond motifs is 1. The maximum atomic E-state index is 13.8. The second-order valence-corrected chi connectivity index (χ2v) is 10.6. The molecule has 0 radical (unpaired) electrons. The van der Waals surface area contributed by atoms with E-state index in [1.807, 2.05) is 24.3 Å². The molecule has 5 rings (SSSR count). The number of nitrogens with one attached hydrogen (secondary N) is 1. The van der Waals surface area contributed by atoms with Crippen LogP contribution in [-0.4, -0.2) is 27.8 Å². The van der Waals surface area contributed by atoms with Gasteiger partial charge in [-0.2, -0.15) is 0 Å². The number of amides is 2. The molecule has 1 saturated heterocycles. The quantitative estimate of drug-likeness (QED) is 0.348. The summed E-state index contributed by atoms with van der Waals surface area (Å²) in [6.07, 6.45) is 1.70. The van der Waals surface area contributed by atoms with Crippen LogP contribution in [0.4, 0.5) is 15.8 Å². The van der Waals surface area contributed by atoms with Gasteiger partial charge < -0.3 is 10.4 Å². The lowest BCUT2D eigenvalue weighted by Gasteiger charge is -2.21. The first-order valence-electron chi connectivity index (χ1n) is 11.5. The molecule has 1 fully saturated rings. The Labute approximate surface area is 217 Å². The predicted octanol–water partition coefficient (Wildman–Crippen LogP) is 5.66. The van der Waals surface area contributed by atoms with Crippen molar-refractivity contribution in [3.63, 3.8) is 0 Å². The zero-order chi connectivity index (χ0) is 26.3. The van der Waals surface area contributed by atoms with Crippen molar-refractivity contribution in [1.82, 2.24) is 0 Å². The molecule has 3 aromatic carbocycles. The van der Waals surface area contributed by atoms with E-state index in [9.17, 15) is 19.1 Å². The molecule has 2 heterocycles. The van der Waals surface area contributed by atoms with Gasteiger partial charge in [-0.3, -0.25) is 14.5 Å². The summed E-state index contributed by atoms with van der Waals surface area (Å²) in [7, 11) is 0. The highest BCUT2D eigenvalue weighted by atomic mass is 32.2. The fourth-order valence-corrected chi connectivity index (χ4v) is 4.85. The smallest absolute Gasteiger partial charge is 0.276 e. The van der Waals surface area contributed by atoms with Crippen molar-refractivity contribution in [2.45, 2.75) is 26.2 Å². The van der Waals surface area contributed by atoms with Gasteiger partial charge in [0.05, 0.1) is 16.3 Å². The predicted molar refractivity (Wildman–Crippen MR) is 145 cm³/mol. The van der Waals surface area contributed by atoms with Crippen LogP contribution in [0.25, 0.3) is 6.08 Å². The van der Waals surface area contributed by atoms with E-state index in [1.165, 1.54) is 35.2 Å². The van der Waals surface area contributed by atoms with Crippen molar-refractivity contribution in [1.29, 1.82) is 0 Å². The fourth-order valence-electron chi connectivity index (χ4n) is 3.92. The third-order valence-corrected chi connectivity index (χ3v) is 6.88. The highest BCUT2D eigenvalue weighted by Crippen LogP contribution is 2.37. The van der Waals surface area contributed by atoms with Crippen LogP contribution < -0.4 is 10.2 Å². The first-order chi connectivity index (χ1) is 17.6. The molecular formula is C28H23FN4O3S. The SMILES string of the molecule is CC(C)(C)c1ccc(N2C(=O)C(=Cc3ccc(O)cc3)SC2=NN=C2C(=O)Nc3ccc(F)cc32)cc1. The minimum absolute atomic E-state index is 0.0333. The minimum Gasteiger partial charge on any atom is -0.508 e. The Morgan fingerprint density at radius 3 is 2.35 bits per heavy atom. The van der Waals surface area contributed by atoms with Crippen LogP contribution in [0.3, 0.4) is 0 Å². The Morgan fingerprint density at radius 2 is 1.68 bits per heavy atom. The summed E-state index contributed by atoms with van der Waals surface area (Å²) in [6, 6.07) is 18.0. The lowest BCUT2D eigenvalue weighted by atomic mass is 9.87. The van der Waals surface area contributed by atoms with Gasteiger partial charge in [0.15, 0.2) is 5.71 Å². The summed E-state index contributed by atoms with van der Waals surface area (Å²) >= 11 is 1.11. The minimum atomic E-state index is -0.500. The number of benzene rings is 3. The first kappa shape index (κ1) is 24.5. The van der Waals surface area contributed by atoms with Gasteiger partial charge in [-0.05, 0) is 76.8 Å². The normalized spacial score (nSPS) is 18.7. The van der Waals surface area contributed by atoms with Crippen molar-refractivity contribution in [2.75, 3.05) is 10.2 Å². The Hall–Kier alpha value is -4.24. The number of hydrogen-bond donors (Lipinski definition) is 2. The zero-order valence-electron chi connectivity index (χ0n) is 20.3. The van der Waals surface area contributed by atoms with Gasteiger partial charge in [0.1, 0.15) is 11.6 Å². The molecule has 2 N–H and O–H groups in total. The van der Waals surface area contributed by atoms with Crippen LogP contribution in [0, 0.1) is 5.82 Å². The molecule has 0 aromatic heterocycles. The maximum Gasteiger partial charge on any atom is 0.276 e. The third kappa shape index (κ3) is 4.90. The van der Waals surface area contributed by atoms with Crippen LogP contribution in [-0.2, 0) is 15.0 Å². The summed E-state index contributed by atoms with van der Waals surface area (Å²) in [5.41, 5.74) is 3.09. The van der Waals surface area contributed by atoms with Crippen LogP contribution in [0.2, 0.25) is 0 Å². The monoisotopic (exact) mass is 514 g/mol. The molecule has 0 aliphatic carbocycles. The van der Waals surface area contributed by atoms with E-state index in [0.717, 1.165) is 22.9 Å². The summed E-state index contributed by atoms with van der Waals surface area (Å²) in [5, 5.41) is 20.9. The summed E-state index contributed by atoms with van der Waals surface area (Å²) < 4.78 is 13.8. The number of anilines is 2. The molecular weight excluding hydrogens is 491 g/mol. The fraction of sp³-hybridized carbons (Fsp3) is 0.143. The number of nitrogens with zero attached hydrogens (tertiary/aromatic N) is 3. The summed E-state index contributed by atoms with van der Waals surface area (Å²) in [4.78, 5) is 27.8. The highest BCUT2D eigenvalue weighted by Gasteiger charge is 2.35. The molecule has 3 aromatic rings. The number of aromatic hydroxyl groups is 1. The standard InChI is InChI=1S/C28H23FN4O3S/c1-28(2,3)17-6-9-19(10-7-17)33-26(36)23(14-16-4-11-20(34)12-5-16)37-27(33)32-31-24-21-15-18(29)8-13-22(21)30-25(24)35/h4-15,34H,1-3H3,(H,30,31,35). The lowest BCUT2D eigenvalue weighted by molar-refractivity contribution is -0.113. The van der Waals surface area contributed by atoms with Gasteiger partial charge in [-0.15, -0.1) is 10.2 Å². The van der Waals surface area contributed by atoms with Crippen molar-refractivity contribution in [2.24, 2.45) is 10.2 Å². The van der Waals surface area contributed by atoms with E-state index in [1.54, 1.807) is 18.2 Å². The van der Waals surface area contributed by atoms with Gasteiger partial charge in [-0.1, -0.05) is 45.0 Å². The summed E-state index contributed by atoms with van der Waals surface area (Å²) in [6.45, 7) is 6.31. The van der Waals surface area contributed by atoms with E-state index < -0.39 is 11.7 Å². The van der Waals surface area contributed by atoms with Crippen LogP contribution >= 0.6 is 11.8 Å². The van der Waals surface area contributed by atoms with Crippen molar-refractivity contribution >= 4 is 51.9 Å². The molecule has 186 valence electrons. The van der Waals surface area contributed by atoms with E-state index in [2.05, 4.69) is 36.3 Å². The zero-order valence-corrected chi connectivity index (χ0v) is 21.1. The number of amidine groups is 1. The Kier molecular flexibility index (Phi) is 6.16. The molecule has 0 bridgehead atoms. The lowest BCUT2D eigenvalue weighted by Crippen LogP contribution is -2.29. The average molecular weight is 515 g/mol. The van der Waals surface area contributed by atoms with E-state index in [0.29, 0.717) is 21.8 Å². The Bertz CT molecular complexity index is 1500. The largest absolute Gasteiger partial charge is 0.508 e. The van der Waals surface area contributed by atoms with Crippen molar-refractivity contribution < 1.29 is 19.1 Å². The van der Waals surface area contributed by atoms with Gasteiger partial charge in [0.2, 0.25) is 5.17 Å². The molecule has 7 nitrogen and oxygen atoms in total. The molecule has 2 aliphatic heterocycles. The molecule has 9 heteroatoms. The number of halogens is 1. The number of thioether (sulfide) groups is 1. The molecule has 0 atom stereocenters. The summed E-state index contributed by atoms with van der Waals surface area (Å²) in [5.74, 6) is -1.18. The number of rotatable bonds is 3. The molecule has 0 spiro atoms. The van der Waals surface area contributed by atoms with Gasteiger partial charge >= 0.3 is 0 Å². The molecule has 37 heavy (non-hydrogen) atoms. The van der Waals surface area contributed by atoms with Gasteiger partial charge in [0, 0.05) is 5.56 Å². The second-order valence-electron chi connectivity index (χ2n) is 9.61. The number of phenols is 1. The van der Waals surface area contributed by atoms with Gasteiger partial charge in [-0.25, -0.2) is 4.39 Å². The second kappa shape index (κ2) is 9.33. The van der Waals surface area contributed by atoms with Gasteiger partial charge in [0.25, 0.3) is 11.8 Å². The highest BCUT2D eigenvalue weighted by molar-refractivity contribution is 8.19. The van der Waals surface area contributed by atoms with Crippen LogP contribution in [0.15, 0.2) is 81.8 Å². The van der Waals surface area contributed by atoms with E-state index in [-0.39, 0.29) is 28.0 Å². The molecule has 2 aliphatic rings. The van der Waals surface area contributed by atoms with Crippen molar-refractivity contribution in [3.8, 4) is 5.75 Å². The molecule has 0 saturated carbocycles. The number of hydrogen-bond acceptors (Lipinski definition) is 6. The van der Waals surface area contributed by atoms with Crippen LogP contribution in [0.1, 0.15) is 37.5 Å². The molecule has 2 amide bonds. The number of phenolic OH excluding ortho intramolecular Hbond substituents is 1. The van der Waals surface area contributed by atoms with E-state index >= 15 is 0 Å². The Balaban J connectivity index is 1.57. The molecule has 0 unspecified atom stereocenters. The van der Waals surface area contributed by atoms with E-state index in [4.69, 9.17) is 0 Å². The number of carbonyl (C=O) groups is 2. The maximum absolute atomic E-state index is 13.8. The third-order valence-electron chi connectivity index (χ3n) is 5.92. The Morgan fingerprint density at radius 1 is 0.973 bits per heavy atom. The van der Waals surface area contributed by atoms with Crippen molar-refractivity contribution in [3.05, 3.63) is 94.1 Å². The van der Waals surface area contributed by atoms with Crippen LogP contribution in [0.5, 0.6) is 5.75 Å². The average Bonchev–Trinajstić information content (AvgIpc) is 3.33.